The Labute approximate surface area is 187 Å². The van der Waals surface area contributed by atoms with Crippen LogP contribution in [0.25, 0.3) is 0 Å². The molecule has 0 aliphatic carbocycles. The third-order valence-corrected chi connectivity index (χ3v) is 5.69. The van der Waals surface area contributed by atoms with Gasteiger partial charge in [-0.2, -0.15) is 0 Å². The number of hydrogen-bond donors (Lipinski definition) is 0. The van der Waals surface area contributed by atoms with Crippen molar-refractivity contribution in [2.24, 2.45) is 5.92 Å². The van der Waals surface area contributed by atoms with Gasteiger partial charge in [0, 0.05) is 39.3 Å². The van der Waals surface area contributed by atoms with E-state index >= 15 is 0 Å². The second-order valence-corrected chi connectivity index (χ2v) is 8.56. The van der Waals surface area contributed by atoms with Crippen molar-refractivity contribution in [3.05, 3.63) is 35.9 Å². The van der Waals surface area contributed by atoms with Crippen molar-refractivity contribution in [3.63, 3.8) is 0 Å². The Morgan fingerprint density at radius 1 is 1.06 bits per heavy atom. The first-order chi connectivity index (χ1) is 14.9. The Balaban J connectivity index is 1.74. The van der Waals surface area contributed by atoms with Crippen molar-refractivity contribution in [2.75, 3.05) is 52.9 Å². The summed E-state index contributed by atoms with van der Waals surface area (Å²) in [5.74, 6) is -0.0241. The van der Waals surface area contributed by atoms with E-state index in [-0.39, 0.29) is 24.0 Å². The van der Waals surface area contributed by atoms with E-state index in [9.17, 15) is 9.59 Å². The number of ether oxygens (including phenoxy) is 2. The number of unbranched alkanes of at least 4 members (excludes halogenated alkanes) is 1. The van der Waals surface area contributed by atoms with Crippen LogP contribution in [0.3, 0.4) is 0 Å². The molecular weight excluding hydrogens is 394 g/mol. The average molecular weight is 434 g/mol. The molecule has 0 aromatic heterocycles. The highest BCUT2D eigenvalue weighted by Gasteiger charge is 2.29. The standard InChI is InChI=1S/C24H39N3O4/c1-5-6-18-30-24(29)27-16-14-26(15-17-27)13-12-25(4)22(20(2)3)23(28)31-19-21-10-8-7-9-11-21/h7-11,20,22H,5-6,12-19H2,1-4H3/t22-/m0/s1. The molecular formula is C24H39N3O4. The van der Waals surface area contributed by atoms with E-state index in [0.29, 0.717) is 26.3 Å². The molecule has 1 heterocycles. The Kier molecular flexibility index (Phi) is 10.8. The Bertz CT molecular complexity index is 660. The van der Waals surface area contributed by atoms with Gasteiger partial charge >= 0.3 is 12.1 Å². The number of carbonyl (C=O) groups excluding carboxylic acids is 2. The molecule has 2 rings (SSSR count). The maximum absolute atomic E-state index is 12.7. The zero-order valence-electron chi connectivity index (χ0n) is 19.6. The Morgan fingerprint density at radius 3 is 2.35 bits per heavy atom. The lowest BCUT2D eigenvalue weighted by atomic mass is 10.0. The SMILES string of the molecule is CCCCOC(=O)N1CCN(CCN(C)[C@H](C(=O)OCc2ccccc2)C(C)C)CC1. The maximum atomic E-state index is 12.7. The minimum atomic E-state index is -0.279. The molecule has 7 nitrogen and oxygen atoms in total. The summed E-state index contributed by atoms with van der Waals surface area (Å²) in [5, 5.41) is 0. The number of carbonyl (C=O) groups is 2. The molecule has 0 N–H and O–H groups in total. The van der Waals surface area contributed by atoms with Gasteiger partial charge in [-0.15, -0.1) is 0 Å². The summed E-state index contributed by atoms with van der Waals surface area (Å²) in [7, 11) is 1.98. The fourth-order valence-corrected chi connectivity index (χ4v) is 3.76. The van der Waals surface area contributed by atoms with Crippen LogP contribution in [0.15, 0.2) is 30.3 Å². The predicted octanol–water partition coefficient (Wildman–Crippen LogP) is 3.24. The molecule has 7 heteroatoms. The Hall–Kier alpha value is -2.12. The van der Waals surface area contributed by atoms with Crippen LogP contribution < -0.4 is 0 Å². The molecule has 1 aliphatic heterocycles. The summed E-state index contributed by atoms with van der Waals surface area (Å²) in [6, 6.07) is 9.48. The Morgan fingerprint density at radius 2 is 1.74 bits per heavy atom. The third kappa shape index (κ3) is 8.50. The van der Waals surface area contributed by atoms with Crippen molar-refractivity contribution in [1.29, 1.82) is 0 Å². The molecule has 1 atom stereocenters. The van der Waals surface area contributed by atoms with Crippen LogP contribution in [0.2, 0.25) is 0 Å². The minimum Gasteiger partial charge on any atom is -0.460 e. The van der Waals surface area contributed by atoms with E-state index in [4.69, 9.17) is 9.47 Å². The topological polar surface area (TPSA) is 62.3 Å². The molecule has 0 unspecified atom stereocenters. The average Bonchev–Trinajstić information content (AvgIpc) is 2.77. The smallest absolute Gasteiger partial charge is 0.409 e. The van der Waals surface area contributed by atoms with Gasteiger partial charge < -0.3 is 14.4 Å². The molecule has 1 aliphatic rings. The van der Waals surface area contributed by atoms with E-state index in [1.807, 2.05) is 51.2 Å². The number of amides is 1. The third-order valence-electron chi connectivity index (χ3n) is 5.69. The zero-order valence-corrected chi connectivity index (χ0v) is 19.6. The lowest BCUT2D eigenvalue weighted by Crippen LogP contribution is -2.52. The van der Waals surface area contributed by atoms with Crippen molar-refractivity contribution < 1.29 is 19.1 Å². The summed E-state index contributed by atoms with van der Waals surface area (Å²) >= 11 is 0. The van der Waals surface area contributed by atoms with Crippen LogP contribution in [0.4, 0.5) is 4.79 Å². The molecule has 0 bridgehead atoms. The monoisotopic (exact) mass is 433 g/mol. The number of benzene rings is 1. The zero-order chi connectivity index (χ0) is 22.6. The number of likely N-dealkylation sites (N-methyl/N-ethyl adjacent to an activating group) is 1. The van der Waals surface area contributed by atoms with Gasteiger partial charge in [0.1, 0.15) is 12.6 Å². The molecule has 1 aromatic rings. The van der Waals surface area contributed by atoms with Crippen molar-refractivity contribution in [3.8, 4) is 0 Å². The number of nitrogens with zero attached hydrogens (tertiary/aromatic N) is 3. The molecule has 0 radical (unpaired) electrons. The molecule has 0 saturated carbocycles. The fraction of sp³-hybridized carbons (Fsp3) is 0.667. The van der Waals surface area contributed by atoms with Gasteiger partial charge in [-0.25, -0.2) is 4.79 Å². The number of rotatable bonds is 11. The van der Waals surface area contributed by atoms with Crippen LogP contribution >= 0.6 is 0 Å². The van der Waals surface area contributed by atoms with Crippen LogP contribution in [0.5, 0.6) is 0 Å². The minimum absolute atomic E-state index is 0.156. The van der Waals surface area contributed by atoms with Gasteiger partial charge in [-0.1, -0.05) is 57.5 Å². The van der Waals surface area contributed by atoms with Crippen molar-refractivity contribution in [1.82, 2.24) is 14.7 Å². The first-order valence-electron chi connectivity index (χ1n) is 11.5. The van der Waals surface area contributed by atoms with Gasteiger partial charge in [0.25, 0.3) is 0 Å². The highest BCUT2D eigenvalue weighted by Crippen LogP contribution is 2.13. The van der Waals surface area contributed by atoms with Gasteiger partial charge in [0.2, 0.25) is 0 Å². The normalized spacial score (nSPS) is 15.9. The quantitative estimate of drug-likeness (QED) is 0.394. The predicted molar refractivity (Wildman–Crippen MR) is 122 cm³/mol. The van der Waals surface area contributed by atoms with Gasteiger partial charge in [0.05, 0.1) is 6.61 Å². The lowest BCUT2D eigenvalue weighted by molar-refractivity contribution is -0.152. The van der Waals surface area contributed by atoms with E-state index < -0.39 is 0 Å². The molecule has 1 amide bonds. The number of hydrogen-bond acceptors (Lipinski definition) is 6. The summed E-state index contributed by atoms with van der Waals surface area (Å²) in [4.78, 5) is 31.0. The van der Waals surface area contributed by atoms with E-state index in [2.05, 4.69) is 16.7 Å². The molecule has 1 fully saturated rings. The molecule has 31 heavy (non-hydrogen) atoms. The summed E-state index contributed by atoms with van der Waals surface area (Å²) < 4.78 is 10.9. The molecule has 0 spiro atoms. The van der Waals surface area contributed by atoms with E-state index in [0.717, 1.165) is 44.6 Å². The second-order valence-electron chi connectivity index (χ2n) is 8.56. The van der Waals surface area contributed by atoms with Crippen LogP contribution in [0.1, 0.15) is 39.2 Å². The summed E-state index contributed by atoms with van der Waals surface area (Å²) in [6.07, 6.45) is 1.72. The van der Waals surface area contributed by atoms with E-state index in [1.165, 1.54) is 0 Å². The second kappa shape index (κ2) is 13.3. The summed E-state index contributed by atoms with van der Waals surface area (Å²) in [5.41, 5.74) is 0.993. The van der Waals surface area contributed by atoms with Gasteiger partial charge in [0.15, 0.2) is 0 Å². The highest BCUT2D eigenvalue weighted by atomic mass is 16.6. The highest BCUT2D eigenvalue weighted by molar-refractivity contribution is 5.76. The van der Waals surface area contributed by atoms with Crippen molar-refractivity contribution >= 4 is 12.1 Å². The van der Waals surface area contributed by atoms with Crippen molar-refractivity contribution in [2.45, 2.75) is 46.3 Å². The van der Waals surface area contributed by atoms with Gasteiger partial charge in [-0.3, -0.25) is 14.6 Å². The van der Waals surface area contributed by atoms with E-state index in [1.54, 1.807) is 4.90 Å². The first kappa shape index (κ1) is 25.1. The number of piperazine rings is 1. The maximum Gasteiger partial charge on any atom is 0.409 e. The van der Waals surface area contributed by atoms with Crippen LogP contribution in [-0.2, 0) is 20.9 Å². The lowest BCUT2D eigenvalue weighted by Gasteiger charge is -2.36. The largest absolute Gasteiger partial charge is 0.460 e. The molecule has 1 aromatic carbocycles. The van der Waals surface area contributed by atoms with Crippen LogP contribution in [0, 0.1) is 5.92 Å². The van der Waals surface area contributed by atoms with Crippen LogP contribution in [-0.4, -0.2) is 85.7 Å². The number of esters is 1. The molecule has 174 valence electrons. The first-order valence-corrected chi connectivity index (χ1v) is 11.5. The van der Waals surface area contributed by atoms with Gasteiger partial charge in [-0.05, 0) is 24.9 Å². The molecule has 1 saturated heterocycles. The fourth-order valence-electron chi connectivity index (χ4n) is 3.76. The summed E-state index contributed by atoms with van der Waals surface area (Å²) in [6.45, 7) is 11.6.